The molecule has 2 aromatic rings. The lowest BCUT2D eigenvalue weighted by Crippen LogP contribution is -2.10. The molecule has 0 fully saturated rings. The van der Waals surface area contributed by atoms with Crippen LogP contribution in [0.25, 0.3) is 11.0 Å². The van der Waals surface area contributed by atoms with Crippen molar-refractivity contribution in [1.29, 1.82) is 0 Å². The first-order valence-electron chi connectivity index (χ1n) is 4.34. The molecule has 0 bridgehead atoms. The van der Waals surface area contributed by atoms with Gasteiger partial charge in [-0.2, -0.15) is 0 Å². The van der Waals surface area contributed by atoms with E-state index < -0.39 is 5.91 Å². The van der Waals surface area contributed by atoms with Crippen LogP contribution >= 0.6 is 0 Å². The summed E-state index contributed by atoms with van der Waals surface area (Å²) in [6.45, 7) is 0. The summed E-state index contributed by atoms with van der Waals surface area (Å²) in [5.41, 5.74) is 6.29. The Morgan fingerprint density at radius 1 is 1.53 bits per heavy atom. The molecule has 76 valence electrons. The van der Waals surface area contributed by atoms with Crippen molar-refractivity contribution in [3.8, 4) is 0 Å². The van der Waals surface area contributed by atoms with Crippen molar-refractivity contribution in [2.75, 3.05) is 0 Å². The molecule has 2 N–H and O–H groups in total. The summed E-state index contributed by atoms with van der Waals surface area (Å²) in [5, 5.41) is 4.37. The van der Waals surface area contributed by atoms with Gasteiger partial charge in [0.1, 0.15) is 6.29 Å². The summed E-state index contributed by atoms with van der Waals surface area (Å²) in [7, 11) is 0. The number of nitrogens with two attached hydrogens (primary N) is 1. The number of carbonyl (C=O) groups excluding carboxylic acids is 2. The van der Waals surface area contributed by atoms with Gasteiger partial charge in [-0.1, -0.05) is 11.2 Å². The molecular weight excluding hydrogens is 196 g/mol. The minimum Gasteiger partial charge on any atom is -0.365 e. The van der Waals surface area contributed by atoms with Crippen molar-refractivity contribution in [2.45, 2.75) is 6.42 Å². The molecule has 0 saturated heterocycles. The van der Waals surface area contributed by atoms with Crippen molar-refractivity contribution in [3.63, 3.8) is 0 Å². The van der Waals surface area contributed by atoms with Gasteiger partial charge in [0.15, 0.2) is 5.58 Å². The third kappa shape index (κ3) is 1.48. The number of fused-ring (bicyclic) bond motifs is 1. The fourth-order valence-electron chi connectivity index (χ4n) is 1.43. The normalized spacial score (nSPS) is 10.4. The summed E-state index contributed by atoms with van der Waals surface area (Å²) >= 11 is 0. The number of rotatable bonds is 3. The number of amides is 1. The Hall–Kier alpha value is -2.17. The quantitative estimate of drug-likeness (QED) is 0.744. The molecule has 2 rings (SSSR count). The van der Waals surface area contributed by atoms with E-state index in [0.717, 1.165) is 6.29 Å². The summed E-state index contributed by atoms with van der Waals surface area (Å²) < 4.78 is 4.98. The molecule has 1 amide bonds. The third-order valence-electron chi connectivity index (χ3n) is 2.12. The molecule has 0 unspecified atom stereocenters. The molecule has 0 aliphatic rings. The van der Waals surface area contributed by atoms with Crippen LogP contribution in [0.15, 0.2) is 22.7 Å². The number of aldehydes is 1. The number of primary amides is 1. The van der Waals surface area contributed by atoms with E-state index in [9.17, 15) is 9.59 Å². The molecule has 1 aromatic carbocycles. The van der Waals surface area contributed by atoms with E-state index in [0.29, 0.717) is 16.7 Å². The van der Waals surface area contributed by atoms with E-state index in [1.165, 1.54) is 0 Å². The van der Waals surface area contributed by atoms with Gasteiger partial charge in [-0.05, 0) is 12.1 Å². The summed E-state index contributed by atoms with van der Waals surface area (Å²) in [4.78, 5) is 21.4. The molecular formula is C10H8N2O3. The largest absolute Gasteiger partial charge is 0.365 e. The lowest BCUT2D eigenvalue weighted by Gasteiger charge is -1.94. The lowest BCUT2D eigenvalue weighted by molar-refractivity contribution is -0.107. The summed E-state index contributed by atoms with van der Waals surface area (Å²) in [5.74, 6) is -0.575. The monoisotopic (exact) mass is 204 g/mol. The van der Waals surface area contributed by atoms with E-state index in [2.05, 4.69) is 5.16 Å². The molecule has 1 heterocycles. The van der Waals surface area contributed by atoms with E-state index >= 15 is 0 Å². The molecule has 15 heavy (non-hydrogen) atoms. The van der Waals surface area contributed by atoms with Crippen molar-refractivity contribution in [2.24, 2.45) is 5.73 Å². The third-order valence-corrected chi connectivity index (χ3v) is 2.12. The Balaban J connectivity index is 2.68. The van der Waals surface area contributed by atoms with Crippen LogP contribution in [0.1, 0.15) is 16.1 Å². The van der Waals surface area contributed by atoms with Crippen LogP contribution in [-0.4, -0.2) is 17.4 Å². The highest BCUT2D eigenvalue weighted by molar-refractivity contribution is 6.04. The lowest BCUT2D eigenvalue weighted by atomic mass is 10.1. The Kier molecular flexibility index (Phi) is 2.21. The van der Waals surface area contributed by atoms with Crippen molar-refractivity contribution in [1.82, 2.24) is 5.16 Å². The first-order chi connectivity index (χ1) is 7.24. The number of para-hydroxylation sites is 1. The van der Waals surface area contributed by atoms with E-state index in [-0.39, 0.29) is 12.0 Å². The predicted octanol–water partition coefficient (Wildman–Crippen LogP) is 0.668. The Morgan fingerprint density at radius 3 is 3.00 bits per heavy atom. The van der Waals surface area contributed by atoms with Crippen molar-refractivity contribution in [3.05, 3.63) is 29.5 Å². The number of nitrogens with zero attached hydrogens (tertiary/aromatic N) is 1. The zero-order valence-electron chi connectivity index (χ0n) is 7.77. The predicted molar refractivity (Wildman–Crippen MR) is 52.3 cm³/mol. The van der Waals surface area contributed by atoms with Gasteiger partial charge in [-0.15, -0.1) is 0 Å². The zero-order chi connectivity index (χ0) is 10.8. The van der Waals surface area contributed by atoms with Crippen LogP contribution in [0.2, 0.25) is 0 Å². The Bertz CT molecular complexity index is 530. The van der Waals surface area contributed by atoms with Gasteiger partial charge in [-0.3, -0.25) is 4.79 Å². The molecule has 0 radical (unpaired) electrons. The number of benzene rings is 1. The maximum Gasteiger partial charge on any atom is 0.252 e. The molecule has 0 atom stereocenters. The molecule has 5 nitrogen and oxygen atoms in total. The minimum atomic E-state index is -0.575. The van der Waals surface area contributed by atoms with Gasteiger partial charge in [0.05, 0.1) is 11.3 Å². The average Bonchev–Trinajstić information content (AvgIpc) is 2.62. The van der Waals surface area contributed by atoms with Gasteiger partial charge in [0.25, 0.3) is 5.91 Å². The smallest absolute Gasteiger partial charge is 0.252 e. The van der Waals surface area contributed by atoms with Gasteiger partial charge in [0, 0.05) is 11.8 Å². The standard InChI is InChI=1S/C10H8N2O3/c11-10(14)7-3-1-2-6-8(4-5-13)12-15-9(6)7/h1-3,5H,4H2,(H2,11,14). The second kappa shape index (κ2) is 3.53. The topological polar surface area (TPSA) is 86.2 Å². The molecule has 1 aromatic heterocycles. The average molecular weight is 204 g/mol. The van der Waals surface area contributed by atoms with Crippen LogP contribution < -0.4 is 5.73 Å². The minimum absolute atomic E-state index is 0.162. The Labute approximate surface area is 84.8 Å². The molecule has 5 heteroatoms. The second-order valence-corrected chi connectivity index (χ2v) is 3.05. The van der Waals surface area contributed by atoms with Gasteiger partial charge < -0.3 is 15.1 Å². The maximum atomic E-state index is 11.0. The Morgan fingerprint density at radius 2 is 2.33 bits per heavy atom. The number of hydrogen-bond donors (Lipinski definition) is 1. The number of hydrogen-bond acceptors (Lipinski definition) is 4. The fourth-order valence-corrected chi connectivity index (χ4v) is 1.43. The second-order valence-electron chi connectivity index (χ2n) is 3.05. The highest BCUT2D eigenvalue weighted by Gasteiger charge is 2.13. The van der Waals surface area contributed by atoms with Gasteiger partial charge >= 0.3 is 0 Å². The maximum absolute atomic E-state index is 11.0. The van der Waals surface area contributed by atoms with Gasteiger partial charge in [0.2, 0.25) is 0 Å². The number of carbonyl (C=O) groups is 2. The van der Waals surface area contributed by atoms with Crippen LogP contribution in [0.4, 0.5) is 0 Å². The van der Waals surface area contributed by atoms with E-state index in [4.69, 9.17) is 10.3 Å². The molecule has 0 aliphatic heterocycles. The SMILES string of the molecule is NC(=O)c1cccc2c(CC=O)noc12. The van der Waals surface area contributed by atoms with Crippen LogP contribution in [0.3, 0.4) is 0 Å². The molecule has 0 saturated carbocycles. The first kappa shape index (κ1) is 9.39. The summed E-state index contributed by atoms with van der Waals surface area (Å²) in [6.07, 6.45) is 0.892. The van der Waals surface area contributed by atoms with E-state index in [1.807, 2.05) is 0 Å². The highest BCUT2D eigenvalue weighted by atomic mass is 16.5. The number of aromatic nitrogens is 1. The van der Waals surface area contributed by atoms with Crippen LogP contribution in [-0.2, 0) is 11.2 Å². The zero-order valence-corrected chi connectivity index (χ0v) is 7.77. The van der Waals surface area contributed by atoms with Crippen molar-refractivity contribution >= 4 is 23.2 Å². The first-order valence-corrected chi connectivity index (χ1v) is 4.34. The highest BCUT2D eigenvalue weighted by Crippen LogP contribution is 2.21. The summed E-state index contributed by atoms with van der Waals surface area (Å²) in [6, 6.07) is 4.96. The van der Waals surface area contributed by atoms with E-state index in [1.54, 1.807) is 18.2 Å². The van der Waals surface area contributed by atoms with Crippen LogP contribution in [0.5, 0.6) is 0 Å². The van der Waals surface area contributed by atoms with Crippen LogP contribution in [0, 0.1) is 0 Å². The van der Waals surface area contributed by atoms with Crippen molar-refractivity contribution < 1.29 is 14.1 Å². The molecule has 0 aliphatic carbocycles. The molecule has 0 spiro atoms. The fraction of sp³-hybridized carbons (Fsp3) is 0.100. The van der Waals surface area contributed by atoms with Gasteiger partial charge in [-0.25, -0.2) is 0 Å².